The van der Waals surface area contributed by atoms with Gasteiger partial charge in [0.2, 0.25) is 0 Å². The number of rotatable bonds is 7. The van der Waals surface area contributed by atoms with Crippen molar-refractivity contribution in [2.75, 3.05) is 0 Å². The molecule has 0 radical (unpaired) electrons. The van der Waals surface area contributed by atoms with Crippen molar-refractivity contribution >= 4 is 110 Å². The Morgan fingerprint density at radius 3 is 1.66 bits per heavy atom. The number of hydrogen-bond donors (Lipinski definition) is 0. The van der Waals surface area contributed by atoms with E-state index >= 15 is 0 Å². The Morgan fingerprint density at radius 1 is 0.655 bits per heavy atom. The second-order valence-electron chi connectivity index (χ2n) is 6.88. The molecule has 2 aromatic carbocycles. The molecule has 13 heteroatoms. The average molecular weight is 583 g/mol. The molecule has 2 rings (SSSR count). The predicted octanol–water partition coefficient (Wildman–Crippen LogP) is 7.83. The summed E-state index contributed by atoms with van der Waals surface area (Å²) in [6.45, 7) is 6.29. The van der Waals surface area contributed by atoms with Crippen LogP contribution in [0.1, 0.15) is 26.3 Å². The summed E-state index contributed by atoms with van der Waals surface area (Å²) in [5.74, 6) is 1.19. The highest BCUT2D eigenvalue weighted by atomic mass is 35.7. The lowest BCUT2D eigenvalue weighted by Gasteiger charge is -2.24. The molecule has 0 spiro atoms. The van der Waals surface area contributed by atoms with E-state index in [0.29, 0.717) is 28.4 Å². The third-order valence-corrected chi connectivity index (χ3v) is 7.01. The molecule has 0 saturated heterocycles. The fourth-order valence-corrected chi connectivity index (χ4v) is 5.70. The molecule has 29 heavy (non-hydrogen) atoms. The normalized spacial score (nSPS) is 11.1. The molecule has 0 aliphatic heterocycles. The third-order valence-electron chi connectivity index (χ3n) is 3.82. The molecular weight excluding hydrogens is 569 g/mol. The topological polar surface area (TPSA) is 27.7 Å². The van der Waals surface area contributed by atoms with Crippen molar-refractivity contribution < 1.29 is 11.4 Å². The minimum atomic E-state index is -2.49. The van der Waals surface area contributed by atoms with Gasteiger partial charge in [-0.05, 0) is 35.2 Å². The Morgan fingerprint density at radius 2 is 1.14 bits per heavy atom. The lowest BCUT2D eigenvalue weighted by molar-refractivity contribution is 0.578. The monoisotopic (exact) mass is 580 g/mol. The van der Waals surface area contributed by atoms with Crippen LogP contribution >= 0.6 is 71.9 Å². The van der Waals surface area contributed by atoms with Crippen molar-refractivity contribution in [1.29, 1.82) is 0 Å². The Labute approximate surface area is 214 Å². The summed E-state index contributed by atoms with van der Waals surface area (Å²) in [5.41, 5.74) is 2.20. The first-order valence-corrected chi connectivity index (χ1v) is 20.5. The van der Waals surface area contributed by atoms with Crippen molar-refractivity contribution in [3.8, 4) is 28.4 Å². The maximum absolute atomic E-state index is 6.31. The van der Waals surface area contributed by atoms with Crippen LogP contribution in [0.4, 0.5) is 0 Å². The van der Waals surface area contributed by atoms with E-state index in [1.165, 1.54) is 0 Å². The minimum absolute atomic E-state index is 0.126. The van der Waals surface area contributed by atoms with Crippen LogP contribution in [0.5, 0.6) is 17.2 Å². The molecule has 0 fully saturated rings. The summed E-state index contributed by atoms with van der Waals surface area (Å²) in [6.07, 6.45) is 0. The van der Waals surface area contributed by atoms with E-state index in [-0.39, 0.29) is 10.4 Å². The highest BCUT2D eigenvalue weighted by Crippen LogP contribution is 2.44. The standard InChI is InChI=1S/C16H17ClO3.3Al.6ClH/c1-16(2,3)9-4-5-13(18)10(6-9)11-7-15(20)12(17)8-14(11)19;;;;;;;;;/h4-8,18-20H,1-3H3;;;;6*1H/q;3*+3;;;;;;/p-9. The molecule has 0 aliphatic rings. The van der Waals surface area contributed by atoms with Crippen LogP contribution in [0.2, 0.25) is 5.02 Å². The van der Waals surface area contributed by atoms with Crippen molar-refractivity contribution in [3.05, 3.63) is 40.9 Å². The lowest BCUT2D eigenvalue weighted by atomic mass is 9.85. The van der Waals surface area contributed by atoms with Crippen LogP contribution in [0, 0.1) is 0 Å². The van der Waals surface area contributed by atoms with E-state index in [4.69, 9.17) is 83.3 Å². The van der Waals surface area contributed by atoms with Crippen LogP contribution in [-0.2, 0) is 5.41 Å². The van der Waals surface area contributed by atoms with Gasteiger partial charge in [0, 0.05) is 11.1 Å². The second kappa shape index (κ2) is 11.6. The highest BCUT2D eigenvalue weighted by Gasteiger charge is 2.27. The maximum atomic E-state index is 6.31. The van der Waals surface area contributed by atoms with Gasteiger partial charge in [-0.3, -0.25) is 0 Å². The van der Waals surface area contributed by atoms with Gasteiger partial charge in [0.1, 0.15) is 5.75 Å². The zero-order chi connectivity index (χ0) is 21.9. The molecule has 0 heterocycles. The van der Waals surface area contributed by atoms with Crippen LogP contribution in [0.15, 0.2) is 30.3 Å². The predicted molar refractivity (Wildman–Crippen MR) is 130 cm³/mol. The molecule has 0 aliphatic carbocycles. The fraction of sp³-hybridized carbons (Fsp3) is 0.250. The van der Waals surface area contributed by atoms with E-state index in [1.54, 1.807) is 12.1 Å². The molecule has 0 atom stereocenters. The van der Waals surface area contributed by atoms with Gasteiger partial charge in [-0.15, -0.1) is 0 Å². The largest absolute Gasteiger partial charge is 0.815 e. The number of hydrogen-bond acceptors (Lipinski definition) is 3. The Bertz CT molecular complexity index is 860. The van der Waals surface area contributed by atoms with Crippen LogP contribution in [0.3, 0.4) is 0 Å². The molecule has 0 unspecified atom stereocenters. The number of benzene rings is 2. The van der Waals surface area contributed by atoms with E-state index < -0.39 is 37.9 Å². The zero-order valence-corrected chi connectivity index (χ0v) is 24.2. The molecule has 0 bridgehead atoms. The SMILES string of the molecule is CC(C)(C)c1ccc([O][Al]([Cl])[Cl])c(-c2cc([O][Al]([Cl])[Cl])c(Cl)cc2[O][Al]([Cl])[Cl])c1. The van der Waals surface area contributed by atoms with Crippen LogP contribution < -0.4 is 11.4 Å². The van der Waals surface area contributed by atoms with Gasteiger partial charge in [-0.1, -0.05) is 38.4 Å². The van der Waals surface area contributed by atoms with Crippen molar-refractivity contribution in [2.45, 2.75) is 26.2 Å². The molecule has 2 aromatic rings. The Kier molecular flexibility index (Phi) is 10.6. The molecular formula is C16H14Al3Cl7O3. The summed E-state index contributed by atoms with van der Waals surface area (Å²) in [6, 6.07) is 8.97. The first-order chi connectivity index (χ1) is 13.4. The summed E-state index contributed by atoms with van der Waals surface area (Å²) in [4.78, 5) is 0. The maximum Gasteiger partial charge on any atom is 0.815 e. The molecule has 154 valence electrons. The Hall–Kier alpha value is 1.47. The van der Waals surface area contributed by atoms with E-state index in [9.17, 15) is 0 Å². The van der Waals surface area contributed by atoms with Gasteiger partial charge in [0.15, 0.2) is 0 Å². The van der Waals surface area contributed by atoms with Gasteiger partial charge in [-0.25, -0.2) is 0 Å². The molecule has 0 saturated carbocycles. The quantitative estimate of drug-likeness (QED) is 0.311. The first-order valence-electron chi connectivity index (χ1n) is 8.21. The van der Waals surface area contributed by atoms with Crippen molar-refractivity contribution in [3.63, 3.8) is 0 Å². The van der Waals surface area contributed by atoms with E-state index in [0.717, 1.165) is 5.56 Å². The molecule has 0 aromatic heterocycles. The van der Waals surface area contributed by atoms with Crippen LogP contribution in [0.25, 0.3) is 11.1 Å². The summed E-state index contributed by atoms with van der Waals surface area (Å²) >= 11 is -1.06. The van der Waals surface area contributed by atoms with Gasteiger partial charge in [-0.2, -0.15) is 60.3 Å². The van der Waals surface area contributed by atoms with Gasteiger partial charge in [0.25, 0.3) is 0 Å². The van der Waals surface area contributed by atoms with E-state index in [1.807, 2.05) is 18.2 Å². The summed E-state index contributed by atoms with van der Waals surface area (Å²) in [5, 5.41) is 0.266. The van der Waals surface area contributed by atoms with E-state index in [2.05, 4.69) is 20.8 Å². The van der Waals surface area contributed by atoms with Gasteiger partial charge >= 0.3 is 37.9 Å². The van der Waals surface area contributed by atoms with Gasteiger partial charge < -0.3 is 11.4 Å². The zero-order valence-electron chi connectivity index (χ0n) is 15.5. The van der Waals surface area contributed by atoms with Crippen molar-refractivity contribution in [2.24, 2.45) is 0 Å². The van der Waals surface area contributed by atoms with Gasteiger partial charge in [0.05, 0.1) is 16.5 Å². The highest BCUT2D eigenvalue weighted by molar-refractivity contribution is 7.31. The van der Waals surface area contributed by atoms with Crippen LogP contribution in [-0.4, -0.2) is 37.9 Å². The Balaban J connectivity index is 2.76. The number of halogens is 7. The summed E-state index contributed by atoms with van der Waals surface area (Å²) in [7, 11) is 35.7. The first kappa shape index (κ1) is 26.7. The molecule has 3 nitrogen and oxygen atoms in total. The summed E-state index contributed by atoms with van der Waals surface area (Å²) < 4.78 is 16.9. The minimum Gasteiger partial charge on any atom is -0.620 e. The molecule has 0 amide bonds. The third kappa shape index (κ3) is 8.08. The lowest BCUT2D eigenvalue weighted by Crippen LogP contribution is -2.13. The van der Waals surface area contributed by atoms with Crippen molar-refractivity contribution in [1.82, 2.24) is 0 Å². The second-order valence-corrected chi connectivity index (χ2v) is 18.7. The molecule has 0 N–H and O–H groups in total. The smallest absolute Gasteiger partial charge is 0.620 e. The average Bonchev–Trinajstić information content (AvgIpc) is 2.55. The fourth-order valence-electron chi connectivity index (χ4n) is 2.53.